The third-order valence-electron chi connectivity index (χ3n) is 5.30. The fraction of sp³-hybridized carbons (Fsp3) is 0.435. The standard InChI is InChI=1S/C23H29N3O2S/c24-21(27)16-20-22(28)26(23(20)29-17-19-11-13-25-14-12-19)15-7-2-1-4-8-18-9-5-3-6-10-18/h3,5-6,9-14,20,23H,1-2,4,7-8,15-17H2,(H2,24,27). The normalized spacial score (nSPS) is 18.5. The maximum absolute atomic E-state index is 12.5. The van der Waals surface area contributed by atoms with Crippen molar-refractivity contribution in [1.29, 1.82) is 0 Å². The lowest BCUT2D eigenvalue weighted by Crippen LogP contribution is -2.60. The van der Waals surface area contributed by atoms with Gasteiger partial charge in [-0.3, -0.25) is 14.6 Å². The van der Waals surface area contributed by atoms with Gasteiger partial charge < -0.3 is 10.6 Å². The summed E-state index contributed by atoms with van der Waals surface area (Å²) in [7, 11) is 0. The molecule has 0 saturated carbocycles. The van der Waals surface area contributed by atoms with Crippen molar-refractivity contribution in [1.82, 2.24) is 9.88 Å². The second-order valence-electron chi connectivity index (χ2n) is 7.52. The number of benzene rings is 1. The predicted molar refractivity (Wildman–Crippen MR) is 117 cm³/mol. The highest BCUT2D eigenvalue weighted by Crippen LogP contribution is 2.38. The van der Waals surface area contributed by atoms with E-state index in [0.29, 0.717) is 0 Å². The molecule has 1 aromatic heterocycles. The van der Waals surface area contributed by atoms with Gasteiger partial charge in [0.25, 0.3) is 0 Å². The molecule has 2 aromatic rings. The molecule has 1 aromatic carbocycles. The molecule has 0 bridgehead atoms. The number of carbonyl (C=O) groups excluding carboxylic acids is 2. The largest absolute Gasteiger partial charge is 0.370 e. The van der Waals surface area contributed by atoms with Gasteiger partial charge in [0.15, 0.2) is 0 Å². The van der Waals surface area contributed by atoms with Crippen molar-refractivity contribution >= 4 is 23.6 Å². The number of β-lactam (4-membered cyclic amide) rings is 1. The van der Waals surface area contributed by atoms with Crippen molar-refractivity contribution in [2.75, 3.05) is 6.54 Å². The van der Waals surface area contributed by atoms with E-state index in [4.69, 9.17) is 5.73 Å². The minimum Gasteiger partial charge on any atom is -0.370 e. The number of aromatic nitrogens is 1. The molecule has 1 fully saturated rings. The van der Waals surface area contributed by atoms with E-state index in [-0.39, 0.29) is 23.6 Å². The Kier molecular flexibility index (Phi) is 8.11. The molecule has 0 spiro atoms. The zero-order valence-corrected chi connectivity index (χ0v) is 17.5. The van der Waals surface area contributed by atoms with E-state index in [1.165, 1.54) is 17.5 Å². The number of amides is 2. The summed E-state index contributed by atoms with van der Waals surface area (Å²) in [6.45, 7) is 0.757. The van der Waals surface area contributed by atoms with E-state index in [2.05, 4.69) is 29.2 Å². The maximum atomic E-state index is 12.5. The summed E-state index contributed by atoms with van der Waals surface area (Å²) < 4.78 is 0. The van der Waals surface area contributed by atoms with Crippen molar-refractivity contribution in [3.05, 3.63) is 66.0 Å². The second kappa shape index (κ2) is 11.0. The predicted octanol–water partition coefficient (Wildman–Crippen LogP) is 3.78. The first kappa shape index (κ1) is 21.4. The van der Waals surface area contributed by atoms with Gasteiger partial charge in [0.05, 0.1) is 11.3 Å². The minimum absolute atomic E-state index is 0.0347. The number of unbranched alkanes of at least 4 members (excludes halogenated alkanes) is 3. The van der Waals surface area contributed by atoms with Crippen LogP contribution in [0.25, 0.3) is 0 Å². The highest BCUT2D eigenvalue weighted by molar-refractivity contribution is 7.99. The molecule has 3 rings (SSSR count). The first-order valence-corrected chi connectivity index (χ1v) is 11.3. The van der Waals surface area contributed by atoms with Crippen LogP contribution >= 0.6 is 11.8 Å². The van der Waals surface area contributed by atoms with Crippen molar-refractivity contribution in [3.63, 3.8) is 0 Å². The van der Waals surface area contributed by atoms with Crippen LogP contribution in [0, 0.1) is 5.92 Å². The van der Waals surface area contributed by atoms with E-state index in [9.17, 15) is 9.59 Å². The SMILES string of the molecule is NC(=O)CC1C(=O)N(CCCCCCc2ccccc2)C1SCc1ccncc1. The van der Waals surface area contributed by atoms with E-state index in [1.54, 1.807) is 24.2 Å². The van der Waals surface area contributed by atoms with Crippen LogP contribution in [0.15, 0.2) is 54.9 Å². The Bertz CT molecular complexity index is 785. The molecule has 2 amide bonds. The summed E-state index contributed by atoms with van der Waals surface area (Å²) in [6, 6.07) is 14.5. The number of nitrogens with zero attached hydrogens (tertiary/aromatic N) is 2. The number of nitrogens with two attached hydrogens (primary N) is 1. The van der Waals surface area contributed by atoms with Gasteiger partial charge in [-0.05, 0) is 42.5 Å². The lowest BCUT2D eigenvalue weighted by atomic mass is 9.93. The van der Waals surface area contributed by atoms with E-state index in [1.807, 2.05) is 23.1 Å². The van der Waals surface area contributed by atoms with Crippen LogP contribution in [-0.2, 0) is 21.8 Å². The molecule has 2 unspecified atom stereocenters. The monoisotopic (exact) mass is 411 g/mol. The Morgan fingerprint density at radius 3 is 2.45 bits per heavy atom. The minimum atomic E-state index is -0.404. The van der Waals surface area contributed by atoms with Crippen LogP contribution in [0.5, 0.6) is 0 Å². The van der Waals surface area contributed by atoms with E-state index < -0.39 is 5.91 Å². The molecule has 1 saturated heterocycles. The fourth-order valence-corrected chi connectivity index (χ4v) is 5.10. The number of hydrogen-bond acceptors (Lipinski definition) is 4. The quantitative estimate of drug-likeness (QED) is 0.426. The lowest BCUT2D eigenvalue weighted by molar-refractivity contribution is -0.152. The third kappa shape index (κ3) is 6.32. The summed E-state index contributed by atoms with van der Waals surface area (Å²) >= 11 is 1.71. The molecule has 5 nitrogen and oxygen atoms in total. The van der Waals surface area contributed by atoms with Gasteiger partial charge in [0.2, 0.25) is 11.8 Å². The van der Waals surface area contributed by atoms with Gasteiger partial charge in [0.1, 0.15) is 0 Å². The van der Waals surface area contributed by atoms with E-state index >= 15 is 0 Å². The summed E-state index contributed by atoms with van der Waals surface area (Å²) in [5.41, 5.74) is 7.91. The molecular weight excluding hydrogens is 382 g/mol. The molecule has 0 radical (unpaired) electrons. The first-order chi connectivity index (χ1) is 14.1. The third-order valence-corrected chi connectivity index (χ3v) is 6.72. The number of primary amides is 1. The molecule has 2 N–H and O–H groups in total. The molecule has 154 valence electrons. The topological polar surface area (TPSA) is 76.3 Å². The van der Waals surface area contributed by atoms with Crippen LogP contribution in [0.3, 0.4) is 0 Å². The molecule has 1 aliphatic heterocycles. The zero-order chi connectivity index (χ0) is 20.5. The maximum Gasteiger partial charge on any atom is 0.230 e. The van der Waals surface area contributed by atoms with Crippen LogP contribution < -0.4 is 5.73 Å². The van der Waals surface area contributed by atoms with Gasteiger partial charge in [-0.1, -0.05) is 43.2 Å². The summed E-state index contributed by atoms with van der Waals surface area (Å²) in [5, 5.41) is 0.0347. The van der Waals surface area contributed by atoms with Gasteiger partial charge >= 0.3 is 0 Å². The Morgan fingerprint density at radius 2 is 1.72 bits per heavy atom. The summed E-state index contributed by atoms with van der Waals surface area (Å²) in [4.78, 5) is 29.8. The second-order valence-corrected chi connectivity index (χ2v) is 8.62. The number of pyridine rings is 1. The molecule has 2 heterocycles. The van der Waals surface area contributed by atoms with Gasteiger partial charge in [-0.15, -0.1) is 11.8 Å². The smallest absolute Gasteiger partial charge is 0.230 e. The summed E-state index contributed by atoms with van der Waals surface area (Å²) in [5.74, 6) is 0.180. The van der Waals surface area contributed by atoms with E-state index in [0.717, 1.165) is 38.0 Å². The average Bonchev–Trinajstić information content (AvgIpc) is 2.74. The Balaban J connectivity index is 1.42. The van der Waals surface area contributed by atoms with Crippen LogP contribution in [0.4, 0.5) is 0 Å². The van der Waals surface area contributed by atoms with Crippen LogP contribution in [0.2, 0.25) is 0 Å². The Morgan fingerprint density at radius 1 is 1.00 bits per heavy atom. The van der Waals surface area contributed by atoms with Crippen LogP contribution in [0.1, 0.15) is 43.2 Å². The number of likely N-dealkylation sites (tertiary alicyclic amines) is 1. The molecule has 6 heteroatoms. The van der Waals surface area contributed by atoms with Gasteiger partial charge in [0, 0.05) is 31.1 Å². The van der Waals surface area contributed by atoms with Crippen molar-refractivity contribution in [2.45, 2.75) is 49.7 Å². The number of hydrogen-bond donors (Lipinski definition) is 1. The van der Waals surface area contributed by atoms with Gasteiger partial charge in [-0.25, -0.2) is 0 Å². The lowest BCUT2D eigenvalue weighted by Gasteiger charge is -2.46. The first-order valence-electron chi connectivity index (χ1n) is 10.3. The molecule has 0 aliphatic carbocycles. The molecule has 2 atom stereocenters. The summed E-state index contributed by atoms with van der Waals surface area (Å²) in [6.07, 6.45) is 9.23. The number of rotatable bonds is 12. The Labute approximate surface area is 177 Å². The van der Waals surface area contributed by atoms with Gasteiger partial charge in [-0.2, -0.15) is 0 Å². The van der Waals surface area contributed by atoms with Crippen molar-refractivity contribution < 1.29 is 9.59 Å². The molecule has 29 heavy (non-hydrogen) atoms. The van der Waals surface area contributed by atoms with Crippen molar-refractivity contribution in [3.8, 4) is 0 Å². The Hall–Kier alpha value is -2.34. The highest BCUT2D eigenvalue weighted by Gasteiger charge is 2.47. The zero-order valence-electron chi connectivity index (χ0n) is 16.7. The number of aryl methyl sites for hydroxylation is 1. The van der Waals surface area contributed by atoms with Crippen LogP contribution in [-0.4, -0.2) is 33.6 Å². The average molecular weight is 412 g/mol. The molecular formula is C23H29N3O2S. The number of carbonyl (C=O) groups is 2. The number of thioether (sulfide) groups is 1. The molecule has 1 aliphatic rings. The van der Waals surface area contributed by atoms with Crippen molar-refractivity contribution in [2.24, 2.45) is 11.7 Å². The fourth-order valence-electron chi connectivity index (χ4n) is 3.71. The highest BCUT2D eigenvalue weighted by atomic mass is 32.2.